The van der Waals surface area contributed by atoms with E-state index in [0.717, 1.165) is 48.4 Å². The number of esters is 1. The lowest BCUT2D eigenvalue weighted by Crippen LogP contribution is -2.30. The highest BCUT2D eigenvalue weighted by Crippen LogP contribution is 2.42. The molecule has 1 aromatic heterocycles. The second-order valence-electron chi connectivity index (χ2n) is 15.9. The molecule has 2 saturated carbocycles. The first-order valence-corrected chi connectivity index (χ1v) is 21.3. The largest absolute Gasteiger partial charge is 0.426 e. The van der Waals surface area contributed by atoms with Gasteiger partial charge in [0.1, 0.15) is 5.75 Å². The van der Waals surface area contributed by atoms with E-state index >= 15 is 0 Å². The van der Waals surface area contributed by atoms with Crippen LogP contribution in [0.5, 0.6) is 5.75 Å². The van der Waals surface area contributed by atoms with E-state index in [0.29, 0.717) is 5.75 Å². The molecule has 4 rings (SSSR count). The summed E-state index contributed by atoms with van der Waals surface area (Å²) in [4.78, 5) is 22.3. The zero-order valence-electron chi connectivity index (χ0n) is 31.8. The molecule has 274 valence electrons. The van der Waals surface area contributed by atoms with E-state index in [4.69, 9.17) is 4.74 Å². The molecule has 1 aromatic carbocycles. The highest BCUT2D eigenvalue weighted by Gasteiger charge is 2.33. The lowest BCUT2D eigenvalue weighted by atomic mass is 9.68. The Bertz CT molecular complexity index is 1110. The van der Waals surface area contributed by atoms with Crippen LogP contribution >= 0.6 is 0 Å². The Morgan fingerprint density at radius 2 is 1.06 bits per heavy atom. The van der Waals surface area contributed by atoms with Crippen LogP contribution in [0.15, 0.2) is 36.7 Å². The number of carbonyl (C=O) groups excluding carboxylic acids is 1. The van der Waals surface area contributed by atoms with Crippen molar-refractivity contribution < 1.29 is 9.53 Å². The molecular formula is C45H72N2O2. The van der Waals surface area contributed by atoms with Crippen molar-refractivity contribution in [3.05, 3.63) is 42.2 Å². The predicted molar refractivity (Wildman–Crippen MR) is 207 cm³/mol. The van der Waals surface area contributed by atoms with Gasteiger partial charge >= 0.3 is 5.97 Å². The lowest BCUT2D eigenvalue weighted by molar-refractivity contribution is -0.140. The van der Waals surface area contributed by atoms with Crippen LogP contribution in [-0.2, 0) is 11.2 Å². The summed E-state index contributed by atoms with van der Waals surface area (Å²) in [7, 11) is 0. The second kappa shape index (κ2) is 24.0. The molecule has 49 heavy (non-hydrogen) atoms. The van der Waals surface area contributed by atoms with Gasteiger partial charge in [-0.15, -0.1) is 0 Å². The third kappa shape index (κ3) is 15.3. The zero-order valence-corrected chi connectivity index (χ0v) is 31.8. The monoisotopic (exact) mass is 673 g/mol. The molecule has 2 fully saturated rings. The number of ether oxygens (including phenoxy) is 1. The third-order valence-electron chi connectivity index (χ3n) is 12.0. The van der Waals surface area contributed by atoms with Gasteiger partial charge in [0.2, 0.25) is 0 Å². The van der Waals surface area contributed by atoms with Crippen molar-refractivity contribution in [2.45, 2.75) is 194 Å². The van der Waals surface area contributed by atoms with Gasteiger partial charge in [0, 0.05) is 18.0 Å². The number of benzene rings is 1. The van der Waals surface area contributed by atoms with Gasteiger partial charge in [-0.1, -0.05) is 142 Å². The quantitative estimate of drug-likeness (QED) is 0.0632. The maximum absolute atomic E-state index is 13.1. The summed E-state index contributed by atoms with van der Waals surface area (Å²) in [5, 5.41) is 0. The Morgan fingerprint density at radius 1 is 0.592 bits per heavy atom. The summed E-state index contributed by atoms with van der Waals surface area (Å²) in [6.07, 6.45) is 41.5. The van der Waals surface area contributed by atoms with Crippen LogP contribution in [0.4, 0.5) is 0 Å². The smallest absolute Gasteiger partial charge is 0.314 e. The van der Waals surface area contributed by atoms with Crippen molar-refractivity contribution in [3.63, 3.8) is 0 Å². The van der Waals surface area contributed by atoms with E-state index in [-0.39, 0.29) is 11.9 Å². The van der Waals surface area contributed by atoms with Crippen LogP contribution in [0.25, 0.3) is 11.4 Å². The first-order valence-electron chi connectivity index (χ1n) is 21.3. The molecule has 1 heterocycles. The molecular weight excluding hydrogens is 601 g/mol. The molecule has 0 bridgehead atoms. The second-order valence-corrected chi connectivity index (χ2v) is 15.9. The Kier molecular flexibility index (Phi) is 19.4. The summed E-state index contributed by atoms with van der Waals surface area (Å²) < 4.78 is 5.86. The van der Waals surface area contributed by atoms with Gasteiger partial charge in [-0.05, 0) is 98.9 Å². The van der Waals surface area contributed by atoms with Gasteiger partial charge in [0.15, 0.2) is 5.82 Å². The summed E-state index contributed by atoms with van der Waals surface area (Å²) in [5.41, 5.74) is 2.17. The molecule has 2 aliphatic carbocycles. The average Bonchev–Trinajstić information content (AvgIpc) is 3.14. The van der Waals surface area contributed by atoms with Gasteiger partial charge in [0.05, 0.1) is 5.92 Å². The maximum atomic E-state index is 13.1. The van der Waals surface area contributed by atoms with E-state index in [1.165, 1.54) is 166 Å². The number of hydrogen-bond donors (Lipinski definition) is 0. The van der Waals surface area contributed by atoms with Crippen LogP contribution in [0.1, 0.15) is 193 Å². The van der Waals surface area contributed by atoms with Gasteiger partial charge in [0.25, 0.3) is 0 Å². The van der Waals surface area contributed by atoms with Gasteiger partial charge in [-0.2, -0.15) is 0 Å². The highest BCUT2D eigenvalue weighted by atomic mass is 16.5. The first-order chi connectivity index (χ1) is 24.2. The Morgan fingerprint density at radius 3 is 1.59 bits per heavy atom. The van der Waals surface area contributed by atoms with E-state index in [9.17, 15) is 4.79 Å². The number of aryl methyl sites for hydroxylation is 1. The number of rotatable bonds is 24. The molecule has 0 unspecified atom stereocenters. The Labute approximate surface area is 301 Å². The number of hydrogen-bond acceptors (Lipinski definition) is 4. The summed E-state index contributed by atoms with van der Waals surface area (Å²) in [6.45, 7) is 4.58. The van der Waals surface area contributed by atoms with Crippen molar-refractivity contribution in [1.29, 1.82) is 0 Å². The van der Waals surface area contributed by atoms with Crippen LogP contribution in [0.2, 0.25) is 0 Å². The molecule has 2 aromatic rings. The molecule has 4 heteroatoms. The molecule has 0 radical (unpaired) electrons. The molecule has 0 amide bonds. The lowest BCUT2D eigenvalue weighted by Gasteiger charge is -2.37. The van der Waals surface area contributed by atoms with Crippen LogP contribution in [0, 0.1) is 23.7 Å². The standard InChI is InChI=1S/C45H72N2O2/c1-3-5-7-9-11-13-14-16-18-20-22-38-35-46-44(47-36-38)41-31-33-43(34-32-41)49-45(48)42-29-27-40(28-30-42)39-25-23-37(24-26-39)21-19-17-15-12-10-8-6-4-2/h31-37,39-40,42H,3-30H2,1-2H3/t37-,39-,40-,42-. The fraction of sp³-hybridized carbons (Fsp3) is 0.756. The van der Waals surface area contributed by atoms with Crippen molar-refractivity contribution >= 4 is 5.97 Å². The first kappa shape index (κ1) is 39.6. The summed E-state index contributed by atoms with van der Waals surface area (Å²) in [5.74, 6) is 4.02. The minimum atomic E-state index is -0.0483. The molecule has 4 nitrogen and oxygen atoms in total. The van der Waals surface area contributed by atoms with Crippen LogP contribution < -0.4 is 4.74 Å². The topological polar surface area (TPSA) is 52.1 Å². The minimum absolute atomic E-state index is 0.0423. The normalized spacial score (nSPS) is 21.1. The van der Waals surface area contributed by atoms with Gasteiger partial charge in [-0.25, -0.2) is 9.97 Å². The van der Waals surface area contributed by atoms with Crippen molar-refractivity contribution in [2.75, 3.05) is 0 Å². The van der Waals surface area contributed by atoms with Gasteiger partial charge < -0.3 is 4.74 Å². The number of carbonyl (C=O) groups is 1. The summed E-state index contributed by atoms with van der Waals surface area (Å²) in [6, 6.07) is 7.74. The van der Waals surface area contributed by atoms with E-state index in [1.54, 1.807) is 0 Å². The predicted octanol–water partition coefficient (Wildman–Crippen LogP) is 13.7. The van der Waals surface area contributed by atoms with E-state index in [1.807, 2.05) is 36.7 Å². The number of unbranched alkanes of at least 4 members (excludes halogenated alkanes) is 16. The molecule has 2 aliphatic rings. The SMILES string of the molecule is CCCCCCCCCCCCc1cnc(-c2ccc(OC(=O)[C@H]3CC[C@H]([C@H]4CC[C@H](CCCCCCCCCC)CC4)CC3)cc2)nc1. The fourth-order valence-electron chi connectivity index (χ4n) is 8.66. The maximum Gasteiger partial charge on any atom is 0.314 e. The number of aromatic nitrogens is 2. The Hall–Kier alpha value is -2.23. The third-order valence-corrected chi connectivity index (χ3v) is 12.0. The Balaban J connectivity index is 1.06. The van der Waals surface area contributed by atoms with E-state index < -0.39 is 0 Å². The van der Waals surface area contributed by atoms with Gasteiger partial charge in [-0.3, -0.25) is 4.79 Å². The molecule has 0 N–H and O–H groups in total. The molecule has 0 aliphatic heterocycles. The molecule has 0 atom stereocenters. The van der Waals surface area contributed by atoms with Crippen molar-refractivity contribution in [1.82, 2.24) is 9.97 Å². The van der Waals surface area contributed by atoms with E-state index in [2.05, 4.69) is 23.8 Å². The van der Waals surface area contributed by atoms with Crippen molar-refractivity contribution in [2.24, 2.45) is 23.7 Å². The highest BCUT2D eigenvalue weighted by molar-refractivity contribution is 5.75. The van der Waals surface area contributed by atoms with Crippen LogP contribution in [0.3, 0.4) is 0 Å². The minimum Gasteiger partial charge on any atom is -0.426 e. The fourth-order valence-corrected chi connectivity index (χ4v) is 8.66. The van der Waals surface area contributed by atoms with Crippen molar-refractivity contribution in [3.8, 4) is 17.1 Å². The zero-order chi connectivity index (χ0) is 34.4. The van der Waals surface area contributed by atoms with Crippen LogP contribution in [-0.4, -0.2) is 15.9 Å². The molecule has 0 spiro atoms. The number of nitrogens with zero attached hydrogens (tertiary/aromatic N) is 2. The average molecular weight is 673 g/mol. The molecule has 0 saturated heterocycles. The summed E-state index contributed by atoms with van der Waals surface area (Å²) >= 11 is 0.